The van der Waals surface area contributed by atoms with Gasteiger partial charge in [0.1, 0.15) is 5.75 Å². The Balaban J connectivity index is 1.62. The second kappa shape index (κ2) is 6.26. The number of rotatable bonds is 5. The van der Waals surface area contributed by atoms with Crippen molar-refractivity contribution in [2.75, 3.05) is 20.3 Å². The fourth-order valence-corrected chi connectivity index (χ4v) is 2.54. The first-order valence-corrected chi connectivity index (χ1v) is 7.30. The Hall–Kier alpha value is -1.88. The van der Waals surface area contributed by atoms with Gasteiger partial charge in [0.2, 0.25) is 5.89 Å². The molecule has 3 rings (SSSR count). The van der Waals surface area contributed by atoms with Crippen molar-refractivity contribution in [3.8, 4) is 5.75 Å². The summed E-state index contributed by atoms with van der Waals surface area (Å²) in [5.41, 5.74) is 2.35. The van der Waals surface area contributed by atoms with Crippen LogP contribution in [0.3, 0.4) is 0 Å². The van der Waals surface area contributed by atoms with Gasteiger partial charge in [0.25, 0.3) is 0 Å². The highest BCUT2D eigenvalue weighted by atomic mass is 16.5. The van der Waals surface area contributed by atoms with E-state index in [9.17, 15) is 0 Å². The number of hydrogen-bond acceptors (Lipinski definition) is 5. The van der Waals surface area contributed by atoms with Crippen molar-refractivity contribution in [1.82, 2.24) is 10.1 Å². The molecule has 2 aromatic rings. The summed E-state index contributed by atoms with van der Waals surface area (Å²) in [7, 11) is 1.69. The number of benzene rings is 1. The highest BCUT2D eigenvalue weighted by Gasteiger charge is 2.22. The molecular formula is C16H20N2O3. The summed E-state index contributed by atoms with van der Waals surface area (Å²) in [4.78, 5) is 4.48. The summed E-state index contributed by atoms with van der Waals surface area (Å²) in [6, 6.07) is 6.25. The molecular weight excluding hydrogens is 268 g/mol. The lowest BCUT2D eigenvalue weighted by molar-refractivity contribution is 0.192. The first kappa shape index (κ1) is 14.1. The minimum Gasteiger partial charge on any atom is -0.496 e. The normalized spacial score (nSPS) is 18.1. The highest BCUT2D eigenvalue weighted by Crippen LogP contribution is 2.23. The molecule has 0 N–H and O–H groups in total. The van der Waals surface area contributed by atoms with Crippen LogP contribution in [0.25, 0.3) is 0 Å². The average molecular weight is 288 g/mol. The van der Waals surface area contributed by atoms with Crippen LogP contribution in [0.4, 0.5) is 0 Å². The number of aryl methyl sites for hydroxylation is 3. The van der Waals surface area contributed by atoms with E-state index in [1.54, 1.807) is 7.11 Å². The molecule has 0 amide bonds. The Morgan fingerprint density at radius 2 is 2.24 bits per heavy atom. The van der Waals surface area contributed by atoms with Gasteiger partial charge in [0.15, 0.2) is 5.82 Å². The molecule has 0 aliphatic carbocycles. The van der Waals surface area contributed by atoms with E-state index in [0.29, 0.717) is 18.4 Å². The summed E-state index contributed by atoms with van der Waals surface area (Å²) in [5, 5.41) is 4.07. The molecule has 1 aromatic carbocycles. The predicted molar refractivity (Wildman–Crippen MR) is 77.6 cm³/mol. The van der Waals surface area contributed by atoms with Gasteiger partial charge < -0.3 is 14.0 Å². The molecule has 1 aliphatic heterocycles. The molecule has 0 radical (unpaired) electrons. The lowest BCUT2D eigenvalue weighted by Crippen LogP contribution is -2.00. The second-order valence-corrected chi connectivity index (χ2v) is 5.41. The van der Waals surface area contributed by atoms with Gasteiger partial charge in [-0.2, -0.15) is 4.98 Å². The Bertz CT molecular complexity index is 603. The van der Waals surface area contributed by atoms with Crippen LogP contribution in [-0.4, -0.2) is 30.5 Å². The minimum absolute atomic E-state index is 0.293. The van der Waals surface area contributed by atoms with Gasteiger partial charge >= 0.3 is 0 Å². The Kier molecular flexibility index (Phi) is 4.20. The van der Waals surface area contributed by atoms with Crippen LogP contribution < -0.4 is 4.74 Å². The number of ether oxygens (including phenoxy) is 2. The van der Waals surface area contributed by atoms with Gasteiger partial charge in [-0.1, -0.05) is 17.3 Å². The van der Waals surface area contributed by atoms with Crippen LogP contribution in [0, 0.1) is 6.92 Å². The minimum atomic E-state index is 0.293. The van der Waals surface area contributed by atoms with E-state index < -0.39 is 0 Å². The van der Waals surface area contributed by atoms with Crippen LogP contribution in [-0.2, 0) is 17.6 Å². The lowest BCUT2D eigenvalue weighted by atomic mass is 10.1. The number of methoxy groups -OCH3 is 1. The molecule has 1 aromatic heterocycles. The van der Waals surface area contributed by atoms with E-state index in [-0.39, 0.29) is 0 Å². The molecule has 5 heteroatoms. The summed E-state index contributed by atoms with van der Waals surface area (Å²) < 4.78 is 16.0. The van der Waals surface area contributed by atoms with E-state index in [2.05, 4.69) is 28.3 Å². The van der Waals surface area contributed by atoms with E-state index in [1.807, 2.05) is 6.92 Å². The van der Waals surface area contributed by atoms with Crippen LogP contribution in [0.15, 0.2) is 22.7 Å². The number of hydrogen-bond donors (Lipinski definition) is 0. The molecule has 0 spiro atoms. The average Bonchev–Trinajstić information content (AvgIpc) is 3.17. The van der Waals surface area contributed by atoms with Gasteiger partial charge in [-0.25, -0.2) is 0 Å². The Morgan fingerprint density at radius 3 is 3.00 bits per heavy atom. The third-order valence-corrected chi connectivity index (χ3v) is 3.88. The van der Waals surface area contributed by atoms with Crippen molar-refractivity contribution in [3.05, 3.63) is 41.0 Å². The van der Waals surface area contributed by atoms with E-state index in [1.165, 1.54) is 5.56 Å². The van der Waals surface area contributed by atoms with Crippen LogP contribution in [0.2, 0.25) is 0 Å². The van der Waals surface area contributed by atoms with Crippen molar-refractivity contribution in [1.29, 1.82) is 0 Å². The molecule has 21 heavy (non-hydrogen) atoms. The summed E-state index contributed by atoms with van der Waals surface area (Å²) >= 11 is 0. The van der Waals surface area contributed by atoms with Crippen LogP contribution in [0.5, 0.6) is 5.75 Å². The van der Waals surface area contributed by atoms with Gasteiger partial charge in [-0.3, -0.25) is 0 Å². The summed E-state index contributed by atoms with van der Waals surface area (Å²) in [6.45, 7) is 3.53. The summed E-state index contributed by atoms with van der Waals surface area (Å²) in [5.74, 6) is 2.68. The van der Waals surface area contributed by atoms with E-state index >= 15 is 0 Å². The smallest absolute Gasteiger partial charge is 0.226 e. The van der Waals surface area contributed by atoms with Gasteiger partial charge in [-0.05, 0) is 37.0 Å². The molecule has 1 fully saturated rings. The molecule has 0 bridgehead atoms. The molecule has 1 atom stereocenters. The van der Waals surface area contributed by atoms with Crippen LogP contribution >= 0.6 is 0 Å². The third-order valence-electron chi connectivity index (χ3n) is 3.88. The molecule has 1 aliphatic rings. The maximum absolute atomic E-state index is 5.35. The maximum atomic E-state index is 5.35. The van der Waals surface area contributed by atoms with Crippen LogP contribution in [0.1, 0.15) is 35.2 Å². The third kappa shape index (κ3) is 3.24. The molecule has 5 nitrogen and oxygen atoms in total. The SMILES string of the molecule is COc1cc(CCc2nc(C3CCOC3)no2)ccc1C. The second-order valence-electron chi connectivity index (χ2n) is 5.41. The predicted octanol–water partition coefficient (Wildman–Crippen LogP) is 2.68. The molecule has 1 unspecified atom stereocenters. The quantitative estimate of drug-likeness (QED) is 0.846. The molecule has 112 valence electrons. The zero-order chi connectivity index (χ0) is 14.7. The van der Waals surface area contributed by atoms with E-state index in [0.717, 1.165) is 43.0 Å². The van der Waals surface area contributed by atoms with Gasteiger partial charge in [0.05, 0.1) is 13.7 Å². The fraction of sp³-hybridized carbons (Fsp3) is 0.500. The van der Waals surface area contributed by atoms with Crippen molar-refractivity contribution < 1.29 is 14.0 Å². The standard InChI is InChI=1S/C16H20N2O3/c1-11-3-4-12(9-14(11)19-2)5-6-15-17-16(18-21-15)13-7-8-20-10-13/h3-4,9,13H,5-8,10H2,1-2H3. The molecule has 2 heterocycles. The largest absolute Gasteiger partial charge is 0.496 e. The topological polar surface area (TPSA) is 57.4 Å². The zero-order valence-electron chi connectivity index (χ0n) is 12.5. The summed E-state index contributed by atoms with van der Waals surface area (Å²) in [6.07, 6.45) is 2.58. The monoisotopic (exact) mass is 288 g/mol. The highest BCUT2D eigenvalue weighted by molar-refractivity contribution is 5.36. The van der Waals surface area contributed by atoms with Crippen molar-refractivity contribution >= 4 is 0 Å². The van der Waals surface area contributed by atoms with Gasteiger partial charge in [0, 0.05) is 18.9 Å². The van der Waals surface area contributed by atoms with Crippen molar-refractivity contribution in [3.63, 3.8) is 0 Å². The Morgan fingerprint density at radius 1 is 1.33 bits per heavy atom. The number of aromatic nitrogens is 2. The zero-order valence-corrected chi connectivity index (χ0v) is 12.5. The van der Waals surface area contributed by atoms with Crippen molar-refractivity contribution in [2.45, 2.75) is 32.1 Å². The first-order chi connectivity index (χ1) is 10.3. The number of nitrogens with zero attached hydrogens (tertiary/aromatic N) is 2. The first-order valence-electron chi connectivity index (χ1n) is 7.30. The van der Waals surface area contributed by atoms with E-state index in [4.69, 9.17) is 14.0 Å². The lowest BCUT2D eigenvalue weighted by Gasteiger charge is -2.06. The Labute approximate surface area is 124 Å². The van der Waals surface area contributed by atoms with Gasteiger partial charge in [-0.15, -0.1) is 0 Å². The van der Waals surface area contributed by atoms with Crippen molar-refractivity contribution in [2.24, 2.45) is 0 Å². The fourth-order valence-electron chi connectivity index (χ4n) is 2.54. The molecule has 1 saturated heterocycles. The molecule has 0 saturated carbocycles. The maximum Gasteiger partial charge on any atom is 0.226 e.